The molecule has 17 heavy (non-hydrogen) atoms. The van der Waals surface area contributed by atoms with Crippen molar-refractivity contribution in [3.8, 4) is 0 Å². The highest BCUT2D eigenvalue weighted by atomic mass is 35.5. The lowest BCUT2D eigenvalue weighted by atomic mass is 10.0. The summed E-state index contributed by atoms with van der Waals surface area (Å²) in [6, 6.07) is 15.2. The molecule has 0 saturated carbocycles. The maximum Gasteiger partial charge on any atom is 0.105 e. The summed E-state index contributed by atoms with van der Waals surface area (Å²) in [5, 5.41) is 11.0. The van der Waals surface area contributed by atoms with Crippen molar-refractivity contribution in [2.75, 3.05) is 6.26 Å². The molecule has 0 aromatic heterocycles. The Morgan fingerprint density at radius 2 is 1.88 bits per heavy atom. The zero-order valence-electron chi connectivity index (χ0n) is 9.43. The SMILES string of the molecule is CSc1ccccc1C(O)c1cccc(Cl)c1. The molecule has 0 spiro atoms. The molecule has 0 radical (unpaired) electrons. The molecule has 3 heteroatoms. The van der Waals surface area contributed by atoms with Crippen molar-refractivity contribution in [3.05, 3.63) is 64.7 Å². The highest BCUT2D eigenvalue weighted by molar-refractivity contribution is 7.98. The fraction of sp³-hybridized carbons (Fsp3) is 0.143. The van der Waals surface area contributed by atoms with Gasteiger partial charge in [-0.25, -0.2) is 0 Å². The van der Waals surface area contributed by atoms with Crippen LogP contribution in [0.25, 0.3) is 0 Å². The quantitative estimate of drug-likeness (QED) is 0.841. The fourth-order valence-electron chi connectivity index (χ4n) is 1.75. The molecule has 0 aliphatic rings. The Kier molecular flexibility index (Phi) is 4.11. The first kappa shape index (κ1) is 12.5. The molecular weight excluding hydrogens is 252 g/mol. The molecule has 0 aliphatic carbocycles. The summed E-state index contributed by atoms with van der Waals surface area (Å²) < 4.78 is 0. The molecule has 1 atom stereocenters. The lowest BCUT2D eigenvalue weighted by Gasteiger charge is -2.14. The average molecular weight is 265 g/mol. The number of aliphatic hydroxyl groups excluding tert-OH is 1. The van der Waals surface area contributed by atoms with Crippen molar-refractivity contribution < 1.29 is 5.11 Å². The predicted octanol–water partition coefficient (Wildman–Crippen LogP) is 4.14. The maximum absolute atomic E-state index is 10.4. The first-order valence-corrected chi connectivity index (χ1v) is 6.89. The lowest BCUT2D eigenvalue weighted by molar-refractivity contribution is 0.217. The molecule has 2 aromatic carbocycles. The summed E-state index contributed by atoms with van der Waals surface area (Å²) >= 11 is 7.56. The Morgan fingerprint density at radius 1 is 1.12 bits per heavy atom. The van der Waals surface area contributed by atoms with E-state index in [-0.39, 0.29) is 0 Å². The van der Waals surface area contributed by atoms with E-state index in [1.807, 2.05) is 42.7 Å². The summed E-state index contributed by atoms with van der Waals surface area (Å²) in [5.74, 6) is 0. The zero-order valence-corrected chi connectivity index (χ0v) is 11.0. The van der Waals surface area contributed by atoms with Crippen LogP contribution in [0.3, 0.4) is 0 Å². The summed E-state index contributed by atoms with van der Waals surface area (Å²) in [6.45, 7) is 0. The first-order valence-electron chi connectivity index (χ1n) is 5.29. The Balaban J connectivity index is 2.40. The minimum absolute atomic E-state index is 0.627. The van der Waals surface area contributed by atoms with Gasteiger partial charge in [0.05, 0.1) is 0 Å². The van der Waals surface area contributed by atoms with Gasteiger partial charge >= 0.3 is 0 Å². The van der Waals surface area contributed by atoms with Crippen molar-refractivity contribution in [1.82, 2.24) is 0 Å². The molecule has 0 aliphatic heterocycles. The van der Waals surface area contributed by atoms with Gasteiger partial charge in [0.1, 0.15) is 6.10 Å². The van der Waals surface area contributed by atoms with E-state index < -0.39 is 6.10 Å². The second-order valence-corrected chi connectivity index (χ2v) is 4.98. The molecule has 2 rings (SSSR count). The number of benzene rings is 2. The molecule has 0 bridgehead atoms. The minimum Gasteiger partial charge on any atom is -0.384 e. The molecule has 1 unspecified atom stereocenters. The van der Waals surface area contributed by atoms with Gasteiger partial charge < -0.3 is 5.11 Å². The van der Waals surface area contributed by atoms with Crippen LogP contribution >= 0.6 is 23.4 Å². The van der Waals surface area contributed by atoms with E-state index in [4.69, 9.17) is 11.6 Å². The Hall–Kier alpha value is -0.960. The van der Waals surface area contributed by atoms with E-state index in [2.05, 4.69) is 0 Å². The molecule has 0 amide bonds. The normalized spacial score (nSPS) is 12.4. The van der Waals surface area contributed by atoms with Gasteiger partial charge in [0.2, 0.25) is 0 Å². The van der Waals surface area contributed by atoms with Crippen LogP contribution in [0.5, 0.6) is 0 Å². The average Bonchev–Trinajstić information content (AvgIpc) is 2.38. The van der Waals surface area contributed by atoms with E-state index in [0.717, 1.165) is 16.0 Å². The molecule has 2 aromatic rings. The summed E-state index contributed by atoms with van der Waals surface area (Å²) in [5.41, 5.74) is 1.74. The highest BCUT2D eigenvalue weighted by Crippen LogP contribution is 2.30. The van der Waals surface area contributed by atoms with Gasteiger partial charge in [0, 0.05) is 9.92 Å². The number of halogens is 1. The van der Waals surface area contributed by atoms with Crippen LogP contribution in [-0.4, -0.2) is 11.4 Å². The molecular formula is C14H13ClOS. The van der Waals surface area contributed by atoms with Crippen molar-refractivity contribution in [2.24, 2.45) is 0 Å². The summed E-state index contributed by atoms with van der Waals surface area (Å²) in [4.78, 5) is 1.08. The number of hydrogen-bond acceptors (Lipinski definition) is 2. The number of rotatable bonds is 3. The van der Waals surface area contributed by atoms with Gasteiger partial charge in [-0.15, -0.1) is 11.8 Å². The van der Waals surface area contributed by atoms with Crippen LogP contribution in [0, 0.1) is 0 Å². The summed E-state index contributed by atoms with van der Waals surface area (Å²) in [6.07, 6.45) is 1.38. The molecule has 1 nitrogen and oxygen atoms in total. The Labute approximate surface area is 110 Å². The van der Waals surface area contributed by atoms with Crippen LogP contribution in [0.15, 0.2) is 53.4 Å². The molecule has 1 N–H and O–H groups in total. The number of hydrogen-bond donors (Lipinski definition) is 1. The molecule has 0 saturated heterocycles. The van der Waals surface area contributed by atoms with Crippen molar-refractivity contribution in [2.45, 2.75) is 11.0 Å². The topological polar surface area (TPSA) is 20.2 Å². The Morgan fingerprint density at radius 3 is 2.59 bits per heavy atom. The second kappa shape index (κ2) is 5.58. The van der Waals surface area contributed by atoms with E-state index in [9.17, 15) is 5.11 Å². The van der Waals surface area contributed by atoms with E-state index in [1.54, 1.807) is 23.9 Å². The number of thioether (sulfide) groups is 1. The van der Waals surface area contributed by atoms with E-state index in [1.165, 1.54) is 0 Å². The third-order valence-corrected chi connectivity index (χ3v) is 3.64. The third-order valence-electron chi connectivity index (χ3n) is 2.60. The van der Waals surface area contributed by atoms with Crippen LogP contribution in [0.4, 0.5) is 0 Å². The molecule has 0 fully saturated rings. The minimum atomic E-state index is -0.627. The van der Waals surface area contributed by atoms with Crippen LogP contribution < -0.4 is 0 Å². The van der Waals surface area contributed by atoms with Gasteiger partial charge in [-0.05, 0) is 35.6 Å². The van der Waals surface area contributed by atoms with Crippen LogP contribution in [-0.2, 0) is 0 Å². The highest BCUT2D eigenvalue weighted by Gasteiger charge is 2.13. The zero-order chi connectivity index (χ0) is 12.3. The van der Waals surface area contributed by atoms with Crippen LogP contribution in [0.1, 0.15) is 17.2 Å². The van der Waals surface area contributed by atoms with Gasteiger partial charge in [-0.2, -0.15) is 0 Å². The van der Waals surface area contributed by atoms with Crippen molar-refractivity contribution >= 4 is 23.4 Å². The lowest BCUT2D eigenvalue weighted by Crippen LogP contribution is -2.01. The van der Waals surface area contributed by atoms with E-state index in [0.29, 0.717) is 5.02 Å². The smallest absolute Gasteiger partial charge is 0.105 e. The summed E-state index contributed by atoms with van der Waals surface area (Å²) in [7, 11) is 0. The maximum atomic E-state index is 10.4. The van der Waals surface area contributed by atoms with E-state index >= 15 is 0 Å². The van der Waals surface area contributed by atoms with Gasteiger partial charge in [-0.1, -0.05) is 41.9 Å². The van der Waals surface area contributed by atoms with Gasteiger partial charge in [-0.3, -0.25) is 0 Å². The van der Waals surface area contributed by atoms with Gasteiger partial charge in [0.15, 0.2) is 0 Å². The van der Waals surface area contributed by atoms with Crippen molar-refractivity contribution in [1.29, 1.82) is 0 Å². The Bertz CT molecular complexity index is 513. The van der Waals surface area contributed by atoms with Crippen LogP contribution in [0.2, 0.25) is 5.02 Å². The molecule has 88 valence electrons. The van der Waals surface area contributed by atoms with Crippen molar-refractivity contribution in [3.63, 3.8) is 0 Å². The molecule has 0 heterocycles. The number of aliphatic hydroxyl groups is 1. The van der Waals surface area contributed by atoms with Gasteiger partial charge in [0.25, 0.3) is 0 Å². The largest absolute Gasteiger partial charge is 0.384 e. The second-order valence-electron chi connectivity index (χ2n) is 3.70. The standard InChI is InChI=1S/C14H13ClOS/c1-17-13-8-3-2-7-12(13)14(16)10-5-4-6-11(15)9-10/h2-9,14,16H,1H3. The monoisotopic (exact) mass is 264 g/mol. The predicted molar refractivity (Wildman–Crippen MR) is 73.7 cm³/mol. The fourth-order valence-corrected chi connectivity index (χ4v) is 2.58. The first-order chi connectivity index (χ1) is 8.22. The third kappa shape index (κ3) is 2.83.